The third-order valence-electron chi connectivity index (χ3n) is 5.65. The summed E-state index contributed by atoms with van der Waals surface area (Å²) in [6, 6.07) is 5.01. The number of hydrazine groups is 1. The molecule has 2 saturated heterocycles. The Morgan fingerprint density at radius 3 is 2.52 bits per heavy atom. The van der Waals surface area contributed by atoms with Crippen LogP contribution in [0.1, 0.15) is 39.2 Å². The molecule has 4 amide bonds. The summed E-state index contributed by atoms with van der Waals surface area (Å²) in [4.78, 5) is 42.5. The van der Waals surface area contributed by atoms with Crippen LogP contribution in [-0.4, -0.2) is 76.6 Å². The zero-order valence-electron chi connectivity index (χ0n) is 18.7. The summed E-state index contributed by atoms with van der Waals surface area (Å²) < 4.78 is 13.1. The second kappa shape index (κ2) is 9.64. The van der Waals surface area contributed by atoms with Crippen LogP contribution in [0, 0.1) is 11.7 Å². The van der Waals surface area contributed by atoms with Gasteiger partial charge in [-0.2, -0.15) is 0 Å². The summed E-state index contributed by atoms with van der Waals surface area (Å²) in [6.45, 7) is 7.18. The molecule has 1 aromatic carbocycles. The Bertz CT molecular complexity index is 816. The summed E-state index contributed by atoms with van der Waals surface area (Å²) in [5, 5.41) is 6.00. The van der Waals surface area contributed by atoms with Crippen LogP contribution in [0.25, 0.3) is 0 Å². The quantitative estimate of drug-likeness (QED) is 0.745. The second-order valence-corrected chi connectivity index (χ2v) is 8.67. The number of benzene rings is 1. The molecule has 2 atom stereocenters. The Kier molecular flexibility index (Phi) is 7.15. The number of hydrogen-bond donors (Lipinski definition) is 1. The number of hydrogen-bond acceptors (Lipinski definition) is 4. The molecule has 0 aliphatic carbocycles. The van der Waals surface area contributed by atoms with E-state index in [1.54, 1.807) is 34.0 Å². The molecular weight excluding hydrogens is 401 g/mol. The van der Waals surface area contributed by atoms with E-state index in [0.29, 0.717) is 13.0 Å². The number of nitrogens with zero attached hydrogens (tertiary/aromatic N) is 4. The van der Waals surface area contributed by atoms with Crippen molar-refractivity contribution < 1.29 is 18.8 Å². The Morgan fingerprint density at radius 2 is 1.90 bits per heavy atom. The van der Waals surface area contributed by atoms with E-state index in [1.807, 2.05) is 20.8 Å². The van der Waals surface area contributed by atoms with E-state index in [0.717, 1.165) is 12.0 Å². The van der Waals surface area contributed by atoms with Crippen molar-refractivity contribution in [3.63, 3.8) is 0 Å². The third-order valence-corrected chi connectivity index (χ3v) is 5.65. The normalized spacial score (nSPS) is 22.2. The van der Waals surface area contributed by atoms with Gasteiger partial charge < -0.3 is 15.1 Å². The van der Waals surface area contributed by atoms with Gasteiger partial charge in [0.05, 0.1) is 13.1 Å². The van der Waals surface area contributed by atoms with E-state index < -0.39 is 12.2 Å². The number of fused-ring (bicyclic) bond motifs is 1. The fraction of sp³-hybridized carbons (Fsp3) is 0.591. The minimum atomic E-state index is -0.563. The summed E-state index contributed by atoms with van der Waals surface area (Å²) in [5.41, 5.74) is 0.770. The minimum Gasteiger partial charge on any atom is -0.337 e. The highest BCUT2D eigenvalue weighted by molar-refractivity contribution is 5.91. The van der Waals surface area contributed by atoms with Gasteiger partial charge in [0.25, 0.3) is 0 Å². The van der Waals surface area contributed by atoms with Crippen LogP contribution in [0.3, 0.4) is 0 Å². The van der Waals surface area contributed by atoms with Crippen LogP contribution in [0.2, 0.25) is 0 Å². The molecule has 2 fully saturated rings. The molecule has 0 radical (unpaired) electrons. The van der Waals surface area contributed by atoms with Crippen LogP contribution >= 0.6 is 0 Å². The fourth-order valence-corrected chi connectivity index (χ4v) is 4.32. The number of carbonyl (C=O) groups excluding carboxylic acids is 3. The summed E-state index contributed by atoms with van der Waals surface area (Å²) in [7, 11) is 1.70. The zero-order valence-corrected chi connectivity index (χ0v) is 18.7. The lowest BCUT2D eigenvalue weighted by Crippen LogP contribution is -2.76. The molecular formula is C22H32FN5O3. The standard InChI is InChI=1S/C22H32FN5O3/c1-5-6-18-21(30)26(12-15(2)3)13-19-27(18)20(29)14-25(4)28(19)22(31)24-11-16-7-9-17(23)10-8-16/h7-10,15,18-19H,5-6,11-14H2,1-4H3,(H,24,31)/t18-,19-/m0/s1. The Morgan fingerprint density at radius 1 is 1.23 bits per heavy atom. The van der Waals surface area contributed by atoms with Gasteiger partial charge >= 0.3 is 6.03 Å². The van der Waals surface area contributed by atoms with Gasteiger partial charge in [-0.3, -0.25) is 9.59 Å². The molecule has 8 nitrogen and oxygen atoms in total. The van der Waals surface area contributed by atoms with Gasteiger partial charge in [0, 0.05) is 20.1 Å². The number of amides is 4. The van der Waals surface area contributed by atoms with E-state index >= 15 is 0 Å². The fourth-order valence-electron chi connectivity index (χ4n) is 4.32. The first-order valence-electron chi connectivity index (χ1n) is 10.8. The van der Waals surface area contributed by atoms with Crippen molar-refractivity contribution in [1.82, 2.24) is 25.1 Å². The van der Waals surface area contributed by atoms with Crippen LogP contribution in [0.4, 0.5) is 9.18 Å². The van der Waals surface area contributed by atoms with Crippen molar-refractivity contribution in [1.29, 1.82) is 0 Å². The van der Waals surface area contributed by atoms with Gasteiger partial charge in [0.1, 0.15) is 18.0 Å². The first-order chi connectivity index (χ1) is 14.7. The Labute approximate surface area is 182 Å². The Hall–Kier alpha value is -2.68. The summed E-state index contributed by atoms with van der Waals surface area (Å²) in [5.74, 6) is -0.253. The second-order valence-electron chi connectivity index (χ2n) is 8.67. The molecule has 3 rings (SSSR count). The van der Waals surface area contributed by atoms with E-state index in [4.69, 9.17) is 0 Å². The molecule has 0 bridgehead atoms. The lowest BCUT2D eigenvalue weighted by atomic mass is 10.0. The van der Waals surface area contributed by atoms with Gasteiger partial charge in [0.15, 0.2) is 0 Å². The van der Waals surface area contributed by atoms with Gasteiger partial charge in [0.2, 0.25) is 11.8 Å². The molecule has 1 aromatic rings. The largest absolute Gasteiger partial charge is 0.337 e. The third kappa shape index (κ3) is 4.98. The average molecular weight is 434 g/mol. The molecule has 2 heterocycles. The highest BCUT2D eigenvalue weighted by atomic mass is 19.1. The highest BCUT2D eigenvalue weighted by Gasteiger charge is 2.50. The highest BCUT2D eigenvalue weighted by Crippen LogP contribution is 2.28. The topological polar surface area (TPSA) is 76.2 Å². The lowest BCUT2D eigenvalue weighted by Gasteiger charge is -2.54. The average Bonchev–Trinajstić information content (AvgIpc) is 2.70. The molecule has 31 heavy (non-hydrogen) atoms. The van der Waals surface area contributed by atoms with Crippen molar-refractivity contribution in [3.05, 3.63) is 35.6 Å². The maximum Gasteiger partial charge on any atom is 0.334 e. The van der Waals surface area contributed by atoms with Crippen molar-refractivity contribution in [3.8, 4) is 0 Å². The van der Waals surface area contributed by atoms with Gasteiger partial charge in [-0.15, -0.1) is 0 Å². The smallest absolute Gasteiger partial charge is 0.334 e. The molecule has 2 aliphatic rings. The van der Waals surface area contributed by atoms with Crippen molar-refractivity contribution in [2.45, 2.75) is 52.4 Å². The van der Waals surface area contributed by atoms with Crippen LogP contribution in [-0.2, 0) is 16.1 Å². The van der Waals surface area contributed by atoms with E-state index in [9.17, 15) is 18.8 Å². The molecule has 0 saturated carbocycles. The zero-order chi connectivity index (χ0) is 22.7. The van der Waals surface area contributed by atoms with Gasteiger partial charge in [-0.1, -0.05) is 39.3 Å². The van der Waals surface area contributed by atoms with Crippen molar-refractivity contribution in [2.75, 3.05) is 26.7 Å². The molecule has 2 aliphatic heterocycles. The monoisotopic (exact) mass is 433 g/mol. The predicted molar refractivity (Wildman–Crippen MR) is 114 cm³/mol. The van der Waals surface area contributed by atoms with Crippen molar-refractivity contribution >= 4 is 17.8 Å². The molecule has 0 spiro atoms. The molecule has 1 N–H and O–H groups in total. The van der Waals surface area contributed by atoms with E-state index in [-0.39, 0.29) is 49.2 Å². The first-order valence-corrected chi connectivity index (χ1v) is 10.8. The summed E-state index contributed by atoms with van der Waals surface area (Å²) >= 11 is 0. The van der Waals surface area contributed by atoms with Crippen LogP contribution in [0.15, 0.2) is 24.3 Å². The number of halogens is 1. The Balaban J connectivity index is 1.83. The molecule has 9 heteroatoms. The predicted octanol–water partition coefficient (Wildman–Crippen LogP) is 2.02. The molecule has 0 aromatic heterocycles. The molecule has 0 unspecified atom stereocenters. The van der Waals surface area contributed by atoms with Gasteiger partial charge in [-0.25, -0.2) is 19.2 Å². The maximum absolute atomic E-state index is 13.1. The number of urea groups is 1. The summed E-state index contributed by atoms with van der Waals surface area (Å²) in [6.07, 6.45) is 0.756. The molecule has 170 valence electrons. The van der Waals surface area contributed by atoms with Crippen LogP contribution in [0.5, 0.6) is 0 Å². The first kappa shape index (κ1) is 23.0. The number of rotatable bonds is 6. The minimum absolute atomic E-state index is 0.0259. The van der Waals surface area contributed by atoms with Crippen LogP contribution < -0.4 is 5.32 Å². The lowest BCUT2D eigenvalue weighted by molar-refractivity contribution is -0.187. The number of nitrogens with one attached hydrogen (secondary N) is 1. The van der Waals surface area contributed by atoms with Crippen molar-refractivity contribution in [2.24, 2.45) is 5.92 Å². The maximum atomic E-state index is 13.1. The number of carbonyl (C=O) groups is 3. The van der Waals surface area contributed by atoms with Gasteiger partial charge in [-0.05, 0) is 30.0 Å². The number of likely N-dealkylation sites (N-methyl/N-ethyl adjacent to an activating group) is 1. The van der Waals surface area contributed by atoms with E-state index in [1.165, 1.54) is 17.1 Å². The van der Waals surface area contributed by atoms with E-state index in [2.05, 4.69) is 5.32 Å². The SMILES string of the molecule is CCC[C@H]1C(=O)N(CC(C)C)C[C@H]2N1C(=O)CN(C)N2C(=O)NCc1ccc(F)cc1. The number of piperazine rings is 1.